The zero-order chi connectivity index (χ0) is 8.72. The number of esters is 2. The second-order valence-electron chi connectivity index (χ2n) is 2.99. The monoisotopic (exact) mass is 170 g/mol. The van der Waals surface area contributed by atoms with E-state index in [1.165, 1.54) is 6.08 Å². The fourth-order valence-corrected chi connectivity index (χ4v) is 1.66. The second-order valence-corrected chi connectivity index (χ2v) is 2.99. The molecule has 0 bridgehead atoms. The number of halogens is 1. The summed E-state index contributed by atoms with van der Waals surface area (Å²) >= 11 is 0. The van der Waals surface area contributed by atoms with Crippen LogP contribution in [-0.4, -0.2) is 11.9 Å². The van der Waals surface area contributed by atoms with Crippen LogP contribution in [0.4, 0.5) is 4.39 Å². The summed E-state index contributed by atoms with van der Waals surface area (Å²) in [5, 5.41) is 0. The summed E-state index contributed by atoms with van der Waals surface area (Å²) in [7, 11) is 0. The first kappa shape index (κ1) is 7.46. The Morgan fingerprint density at radius 2 is 2.17 bits per heavy atom. The smallest absolute Gasteiger partial charge is 0.324 e. The van der Waals surface area contributed by atoms with Gasteiger partial charge in [-0.15, -0.1) is 0 Å². The van der Waals surface area contributed by atoms with Crippen LogP contribution in [0.25, 0.3) is 0 Å². The third-order valence-corrected chi connectivity index (χ3v) is 2.27. The van der Waals surface area contributed by atoms with Gasteiger partial charge < -0.3 is 4.74 Å². The van der Waals surface area contributed by atoms with Crippen molar-refractivity contribution in [3.05, 3.63) is 11.9 Å². The minimum atomic E-state index is -0.939. The van der Waals surface area contributed by atoms with Crippen LogP contribution < -0.4 is 0 Å². The van der Waals surface area contributed by atoms with Crippen LogP contribution in [0.3, 0.4) is 0 Å². The standard InChI is InChI=1S/C8H7FO3/c9-5-3-1-2-4-6(5)8(11)12-7(4)10/h3-4,6H,1-2H2. The summed E-state index contributed by atoms with van der Waals surface area (Å²) < 4.78 is 17.3. The molecule has 0 saturated carbocycles. The number of carbonyl (C=O) groups is 2. The van der Waals surface area contributed by atoms with Crippen molar-refractivity contribution < 1.29 is 18.7 Å². The Morgan fingerprint density at radius 1 is 1.42 bits per heavy atom. The number of fused-ring (bicyclic) bond motifs is 1. The normalized spacial score (nSPS) is 34.2. The molecule has 1 aliphatic carbocycles. The summed E-state index contributed by atoms with van der Waals surface area (Å²) in [6, 6.07) is 0. The molecule has 0 radical (unpaired) electrons. The molecule has 1 fully saturated rings. The number of carbonyl (C=O) groups excluding carboxylic acids is 2. The van der Waals surface area contributed by atoms with Gasteiger partial charge in [0.15, 0.2) is 0 Å². The molecule has 0 N–H and O–H groups in total. The first-order chi connectivity index (χ1) is 5.70. The van der Waals surface area contributed by atoms with Crippen molar-refractivity contribution in [1.29, 1.82) is 0 Å². The lowest BCUT2D eigenvalue weighted by Gasteiger charge is -2.15. The van der Waals surface area contributed by atoms with Gasteiger partial charge in [-0.1, -0.05) is 6.08 Å². The maximum Gasteiger partial charge on any atom is 0.324 e. The third kappa shape index (κ3) is 0.873. The first-order valence-electron chi connectivity index (χ1n) is 3.81. The van der Waals surface area contributed by atoms with Crippen molar-refractivity contribution in [3.63, 3.8) is 0 Å². The lowest BCUT2D eigenvalue weighted by atomic mass is 9.85. The molecule has 2 aliphatic rings. The van der Waals surface area contributed by atoms with Crippen LogP contribution in [-0.2, 0) is 14.3 Å². The quantitative estimate of drug-likeness (QED) is 0.401. The zero-order valence-corrected chi connectivity index (χ0v) is 6.25. The number of allylic oxidation sites excluding steroid dienone is 1. The van der Waals surface area contributed by atoms with Crippen LogP contribution in [0, 0.1) is 11.8 Å². The largest absolute Gasteiger partial charge is 0.392 e. The van der Waals surface area contributed by atoms with E-state index in [0.717, 1.165) is 0 Å². The summed E-state index contributed by atoms with van der Waals surface area (Å²) in [5.41, 5.74) is 0. The summed E-state index contributed by atoms with van der Waals surface area (Å²) in [4.78, 5) is 21.8. The van der Waals surface area contributed by atoms with Gasteiger partial charge in [-0.3, -0.25) is 9.59 Å². The molecule has 1 heterocycles. The average Bonchev–Trinajstić information content (AvgIpc) is 2.29. The highest BCUT2D eigenvalue weighted by Gasteiger charge is 2.47. The molecule has 0 aromatic heterocycles. The molecule has 3 nitrogen and oxygen atoms in total. The van der Waals surface area contributed by atoms with Crippen LogP contribution in [0.15, 0.2) is 11.9 Å². The Bertz CT molecular complexity index is 282. The molecule has 2 unspecified atom stereocenters. The van der Waals surface area contributed by atoms with Crippen LogP contribution in [0.1, 0.15) is 12.8 Å². The van der Waals surface area contributed by atoms with Gasteiger partial charge in [0.2, 0.25) is 0 Å². The van der Waals surface area contributed by atoms with Gasteiger partial charge in [0, 0.05) is 0 Å². The van der Waals surface area contributed by atoms with E-state index in [4.69, 9.17) is 0 Å². The van der Waals surface area contributed by atoms with Gasteiger partial charge in [0.05, 0.1) is 5.92 Å². The van der Waals surface area contributed by atoms with Crippen LogP contribution in [0.2, 0.25) is 0 Å². The molecular formula is C8H7FO3. The minimum absolute atomic E-state index is 0.509. The highest BCUT2D eigenvalue weighted by molar-refractivity contribution is 5.98. The highest BCUT2D eigenvalue weighted by Crippen LogP contribution is 2.37. The molecule has 1 aliphatic heterocycles. The molecule has 12 heavy (non-hydrogen) atoms. The average molecular weight is 170 g/mol. The molecule has 0 aromatic rings. The Kier molecular flexibility index (Phi) is 1.49. The Morgan fingerprint density at radius 3 is 2.83 bits per heavy atom. The van der Waals surface area contributed by atoms with Crippen molar-refractivity contribution in [1.82, 2.24) is 0 Å². The topological polar surface area (TPSA) is 43.4 Å². The fourth-order valence-electron chi connectivity index (χ4n) is 1.66. The number of cyclic esters (lactones) is 2. The zero-order valence-electron chi connectivity index (χ0n) is 6.25. The lowest BCUT2D eigenvalue weighted by Crippen LogP contribution is -2.21. The Balaban J connectivity index is 2.36. The van der Waals surface area contributed by atoms with Crippen molar-refractivity contribution in [3.8, 4) is 0 Å². The van der Waals surface area contributed by atoms with E-state index in [1.807, 2.05) is 0 Å². The third-order valence-electron chi connectivity index (χ3n) is 2.27. The van der Waals surface area contributed by atoms with Gasteiger partial charge in [-0.25, -0.2) is 4.39 Å². The van der Waals surface area contributed by atoms with E-state index in [-0.39, 0.29) is 0 Å². The molecule has 1 saturated heterocycles. The molecule has 4 heteroatoms. The van der Waals surface area contributed by atoms with Gasteiger partial charge in [-0.2, -0.15) is 0 Å². The predicted octanol–water partition coefficient (Wildman–Crippen LogP) is 0.949. The summed E-state index contributed by atoms with van der Waals surface area (Å²) in [6.45, 7) is 0. The number of rotatable bonds is 0. The maximum absolute atomic E-state index is 13.0. The van der Waals surface area contributed by atoms with Crippen molar-refractivity contribution in [2.75, 3.05) is 0 Å². The van der Waals surface area contributed by atoms with Gasteiger partial charge in [0.1, 0.15) is 11.7 Å². The van der Waals surface area contributed by atoms with E-state index < -0.39 is 29.6 Å². The van der Waals surface area contributed by atoms with Crippen LogP contribution >= 0.6 is 0 Å². The number of hydrogen-bond donors (Lipinski definition) is 0. The van der Waals surface area contributed by atoms with Crippen molar-refractivity contribution in [2.24, 2.45) is 11.8 Å². The highest BCUT2D eigenvalue weighted by atomic mass is 19.1. The van der Waals surface area contributed by atoms with Crippen molar-refractivity contribution >= 4 is 11.9 Å². The Hall–Kier alpha value is -1.19. The van der Waals surface area contributed by atoms with Gasteiger partial charge >= 0.3 is 11.9 Å². The molecule has 0 aromatic carbocycles. The lowest BCUT2D eigenvalue weighted by molar-refractivity contribution is -0.153. The summed E-state index contributed by atoms with van der Waals surface area (Å²) in [5.74, 6) is -3.33. The van der Waals surface area contributed by atoms with E-state index in [0.29, 0.717) is 12.8 Å². The molecule has 0 spiro atoms. The molecule has 2 rings (SSSR count). The van der Waals surface area contributed by atoms with Gasteiger partial charge in [-0.05, 0) is 12.8 Å². The van der Waals surface area contributed by atoms with E-state index in [1.54, 1.807) is 0 Å². The first-order valence-corrected chi connectivity index (χ1v) is 3.81. The molecule has 2 atom stereocenters. The van der Waals surface area contributed by atoms with Gasteiger partial charge in [0.25, 0.3) is 0 Å². The molecular weight excluding hydrogens is 163 g/mol. The number of ether oxygens (including phenoxy) is 1. The predicted molar refractivity (Wildman–Crippen MR) is 36.5 cm³/mol. The maximum atomic E-state index is 13.0. The SMILES string of the molecule is O=C1OC(=O)C2C(F)=CCCC12. The Labute approximate surface area is 68.2 Å². The van der Waals surface area contributed by atoms with Crippen LogP contribution in [0.5, 0.6) is 0 Å². The van der Waals surface area contributed by atoms with E-state index in [9.17, 15) is 14.0 Å². The minimum Gasteiger partial charge on any atom is -0.392 e. The van der Waals surface area contributed by atoms with Crippen molar-refractivity contribution in [2.45, 2.75) is 12.8 Å². The number of hydrogen-bond acceptors (Lipinski definition) is 3. The summed E-state index contributed by atoms with van der Waals surface area (Å²) in [6.07, 6.45) is 2.37. The van der Waals surface area contributed by atoms with E-state index in [2.05, 4.69) is 4.74 Å². The second kappa shape index (κ2) is 2.40. The fraction of sp³-hybridized carbons (Fsp3) is 0.500. The van der Waals surface area contributed by atoms with E-state index >= 15 is 0 Å². The molecule has 64 valence electrons. The molecule has 0 amide bonds.